The molecule has 2 N–H and O–H groups in total. The molecule has 0 aliphatic carbocycles. The minimum atomic E-state index is 0.245. The van der Waals surface area contributed by atoms with Crippen LogP contribution in [0.1, 0.15) is 25.7 Å². The second-order valence-corrected chi connectivity index (χ2v) is 5.01. The molecule has 1 heterocycles. The first-order valence-corrected chi connectivity index (χ1v) is 7.02. The molecule has 1 aliphatic rings. The van der Waals surface area contributed by atoms with Gasteiger partial charge in [0, 0.05) is 32.8 Å². The van der Waals surface area contributed by atoms with Crippen molar-refractivity contribution < 1.29 is 9.90 Å². The number of carbonyl (C=O) groups is 1. The zero-order chi connectivity index (χ0) is 13.2. The van der Waals surface area contributed by atoms with Crippen LogP contribution in [-0.2, 0) is 4.79 Å². The molecule has 1 amide bonds. The standard InChI is InChI=1S/C13H27N3O2/c1-15(8-4-2-3-5-11-17)12-13(18)16-9-6-14-7-10-16/h14,17H,2-12H2,1H3. The molecule has 0 aromatic rings. The number of amides is 1. The van der Waals surface area contributed by atoms with E-state index in [1.165, 1.54) is 0 Å². The molecule has 1 saturated heterocycles. The average molecular weight is 257 g/mol. The molecule has 0 bridgehead atoms. The second kappa shape index (κ2) is 9.30. The Balaban J connectivity index is 2.07. The fourth-order valence-electron chi connectivity index (χ4n) is 2.17. The molecule has 1 fully saturated rings. The minimum absolute atomic E-state index is 0.245. The van der Waals surface area contributed by atoms with Crippen LogP contribution in [0.2, 0.25) is 0 Å². The SMILES string of the molecule is CN(CCCCCCO)CC(=O)N1CCNCC1. The maximum Gasteiger partial charge on any atom is 0.236 e. The molecule has 0 radical (unpaired) electrons. The van der Waals surface area contributed by atoms with Crippen molar-refractivity contribution in [3.05, 3.63) is 0 Å². The van der Waals surface area contributed by atoms with Gasteiger partial charge in [0.2, 0.25) is 5.91 Å². The predicted molar refractivity (Wildman–Crippen MR) is 72.5 cm³/mol. The fraction of sp³-hybridized carbons (Fsp3) is 0.923. The van der Waals surface area contributed by atoms with Gasteiger partial charge in [-0.15, -0.1) is 0 Å². The van der Waals surface area contributed by atoms with Gasteiger partial charge in [-0.05, 0) is 26.4 Å². The lowest BCUT2D eigenvalue weighted by Gasteiger charge is -2.29. The van der Waals surface area contributed by atoms with Crippen LogP contribution in [0, 0.1) is 0 Å². The van der Waals surface area contributed by atoms with Gasteiger partial charge < -0.3 is 15.3 Å². The summed E-state index contributed by atoms with van der Waals surface area (Å²) in [4.78, 5) is 16.0. The first kappa shape index (κ1) is 15.4. The molecule has 0 saturated carbocycles. The maximum absolute atomic E-state index is 12.0. The van der Waals surface area contributed by atoms with E-state index in [1.54, 1.807) is 0 Å². The summed E-state index contributed by atoms with van der Waals surface area (Å²) in [5, 5.41) is 11.9. The van der Waals surface area contributed by atoms with Gasteiger partial charge in [0.25, 0.3) is 0 Å². The number of unbranched alkanes of at least 4 members (excludes halogenated alkanes) is 3. The monoisotopic (exact) mass is 257 g/mol. The molecule has 0 aromatic heterocycles. The number of nitrogens with zero attached hydrogens (tertiary/aromatic N) is 2. The van der Waals surface area contributed by atoms with Gasteiger partial charge in [0.15, 0.2) is 0 Å². The van der Waals surface area contributed by atoms with E-state index in [1.807, 2.05) is 11.9 Å². The Morgan fingerprint density at radius 1 is 1.22 bits per heavy atom. The molecule has 106 valence electrons. The van der Waals surface area contributed by atoms with E-state index >= 15 is 0 Å². The smallest absolute Gasteiger partial charge is 0.236 e. The van der Waals surface area contributed by atoms with E-state index in [0.29, 0.717) is 6.54 Å². The molecule has 1 rings (SSSR count). The molecule has 0 spiro atoms. The lowest BCUT2D eigenvalue weighted by molar-refractivity contribution is -0.132. The Kier molecular flexibility index (Phi) is 7.96. The molecule has 5 heteroatoms. The molecule has 18 heavy (non-hydrogen) atoms. The zero-order valence-electron chi connectivity index (χ0n) is 11.5. The number of likely N-dealkylation sites (N-methyl/N-ethyl adjacent to an activating group) is 1. The van der Waals surface area contributed by atoms with Crippen molar-refractivity contribution in [1.82, 2.24) is 15.1 Å². The molecule has 0 unspecified atom stereocenters. The Morgan fingerprint density at radius 2 is 1.89 bits per heavy atom. The highest BCUT2D eigenvalue weighted by molar-refractivity contribution is 5.78. The number of piperazine rings is 1. The van der Waals surface area contributed by atoms with E-state index < -0.39 is 0 Å². The van der Waals surface area contributed by atoms with Crippen molar-refractivity contribution in [2.75, 3.05) is 52.9 Å². The van der Waals surface area contributed by atoms with Gasteiger partial charge in [-0.3, -0.25) is 9.69 Å². The minimum Gasteiger partial charge on any atom is -0.396 e. The summed E-state index contributed by atoms with van der Waals surface area (Å²) in [5.74, 6) is 0.245. The number of nitrogens with one attached hydrogen (secondary N) is 1. The molecule has 5 nitrogen and oxygen atoms in total. The van der Waals surface area contributed by atoms with Gasteiger partial charge in [0.1, 0.15) is 0 Å². The van der Waals surface area contributed by atoms with E-state index in [-0.39, 0.29) is 12.5 Å². The molecule has 0 aromatic carbocycles. The summed E-state index contributed by atoms with van der Waals surface area (Å²) in [5.41, 5.74) is 0. The number of rotatable bonds is 8. The normalized spacial score (nSPS) is 16.3. The maximum atomic E-state index is 12.0. The average Bonchev–Trinajstić information content (AvgIpc) is 2.39. The first-order chi connectivity index (χ1) is 8.74. The topological polar surface area (TPSA) is 55.8 Å². The largest absolute Gasteiger partial charge is 0.396 e. The van der Waals surface area contributed by atoms with Crippen molar-refractivity contribution in [3.8, 4) is 0 Å². The summed E-state index contributed by atoms with van der Waals surface area (Å²) in [7, 11) is 2.01. The third-order valence-electron chi connectivity index (χ3n) is 3.32. The number of aliphatic hydroxyl groups excluding tert-OH is 1. The van der Waals surface area contributed by atoms with Gasteiger partial charge in [-0.25, -0.2) is 0 Å². The molecular formula is C13H27N3O2. The van der Waals surface area contributed by atoms with E-state index in [2.05, 4.69) is 10.2 Å². The predicted octanol–water partition coefficient (Wildman–Crippen LogP) is -0.0973. The summed E-state index contributed by atoms with van der Waals surface area (Å²) in [6.45, 7) is 5.28. The van der Waals surface area contributed by atoms with Crippen LogP contribution < -0.4 is 5.32 Å². The lowest BCUT2D eigenvalue weighted by atomic mass is 10.2. The van der Waals surface area contributed by atoms with Gasteiger partial charge in [-0.1, -0.05) is 12.8 Å². The van der Waals surface area contributed by atoms with Crippen molar-refractivity contribution in [2.45, 2.75) is 25.7 Å². The van der Waals surface area contributed by atoms with E-state index in [0.717, 1.165) is 58.4 Å². The number of carbonyl (C=O) groups excluding carboxylic acids is 1. The summed E-state index contributed by atoms with van der Waals surface area (Å²) < 4.78 is 0. The van der Waals surface area contributed by atoms with Crippen molar-refractivity contribution in [2.24, 2.45) is 0 Å². The molecular weight excluding hydrogens is 230 g/mol. The molecule has 1 aliphatic heterocycles. The highest BCUT2D eigenvalue weighted by Crippen LogP contribution is 2.01. The van der Waals surface area contributed by atoms with Gasteiger partial charge in [-0.2, -0.15) is 0 Å². The highest BCUT2D eigenvalue weighted by Gasteiger charge is 2.17. The van der Waals surface area contributed by atoms with Crippen LogP contribution in [0.25, 0.3) is 0 Å². The van der Waals surface area contributed by atoms with Gasteiger partial charge >= 0.3 is 0 Å². The van der Waals surface area contributed by atoms with Crippen LogP contribution in [0.5, 0.6) is 0 Å². The Hall–Kier alpha value is -0.650. The van der Waals surface area contributed by atoms with Crippen LogP contribution in [0.3, 0.4) is 0 Å². The Labute approximate surface area is 110 Å². The summed E-state index contributed by atoms with van der Waals surface area (Å²) >= 11 is 0. The van der Waals surface area contributed by atoms with Gasteiger partial charge in [0.05, 0.1) is 6.54 Å². The van der Waals surface area contributed by atoms with E-state index in [4.69, 9.17) is 5.11 Å². The third kappa shape index (κ3) is 6.33. The van der Waals surface area contributed by atoms with Crippen molar-refractivity contribution >= 4 is 5.91 Å². The first-order valence-electron chi connectivity index (χ1n) is 7.02. The number of hydrogen-bond donors (Lipinski definition) is 2. The zero-order valence-corrected chi connectivity index (χ0v) is 11.5. The summed E-state index contributed by atoms with van der Waals surface area (Å²) in [6, 6.07) is 0. The van der Waals surface area contributed by atoms with Crippen LogP contribution in [0.15, 0.2) is 0 Å². The quantitative estimate of drug-likeness (QED) is 0.596. The van der Waals surface area contributed by atoms with E-state index in [9.17, 15) is 4.79 Å². The van der Waals surface area contributed by atoms with Crippen LogP contribution in [-0.4, -0.2) is 73.7 Å². The fourth-order valence-corrected chi connectivity index (χ4v) is 2.17. The highest BCUT2D eigenvalue weighted by atomic mass is 16.2. The number of aliphatic hydroxyl groups is 1. The van der Waals surface area contributed by atoms with Crippen LogP contribution >= 0.6 is 0 Å². The Bertz CT molecular complexity index is 230. The van der Waals surface area contributed by atoms with Crippen LogP contribution in [0.4, 0.5) is 0 Å². The third-order valence-corrected chi connectivity index (χ3v) is 3.32. The number of hydrogen-bond acceptors (Lipinski definition) is 4. The van der Waals surface area contributed by atoms with Crippen molar-refractivity contribution in [3.63, 3.8) is 0 Å². The molecule has 0 atom stereocenters. The Morgan fingerprint density at radius 3 is 2.56 bits per heavy atom. The van der Waals surface area contributed by atoms with Crippen molar-refractivity contribution in [1.29, 1.82) is 0 Å². The second-order valence-electron chi connectivity index (χ2n) is 5.01. The lowest BCUT2D eigenvalue weighted by Crippen LogP contribution is -2.49. The summed E-state index contributed by atoms with van der Waals surface area (Å²) in [6.07, 6.45) is 4.21.